The van der Waals surface area contributed by atoms with E-state index in [1.54, 1.807) is 0 Å². The fraction of sp³-hybridized carbons (Fsp3) is 0.333. The highest BCUT2D eigenvalue weighted by atomic mass is 32.1. The number of amides is 1. The molecule has 5 heteroatoms. The Kier molecular flexibility index (Phi) is 5.89. The predicted octanol–water partition coefficient (Wildman–Crippen LogP) is 4.42. The van der Waals surface area contributed by atoms with Crippen LogP contribution in [-0.4, -0.2) is 17.6 Å². The molecule has 0 saturated carbocycles. The number of hydrogen-bond acceptors (Lipinski definition) is 2. The molecule has 26 heavy (non-hydrogen) atoms. The lowest BCUT2D eigenvalue weighted by Crippen LogP contribution is -2.28. The average Bonchev–Trinajstić information content (AvgIpc) is 3.07. The van der Waals surface area contributed by atoms with Gasteiger partial charge in [-0.1, -0.05) is 38.1 Å². The number of rotatable bonds is 5. The summed E-state index contributed by atoms with van der Waals surface area (Å²) < 4.78 is 0. The molecule has 2 N–H and O–H groups in total. The highest BCUT2D eigenvalue weighted by Gasteiger charge is 2.21. The number of nitrogens with one attached hydrogen (secondary N) is 2. The molecule has 1 fully saturated rings. The van der Waals surface area contributed by atoms with Gasteiger partial charge in [-0.05, 0) is 59.9 Å². The Morgan fingerprint density at radius 3 is 2.38 bits per heavy atom. The van der Waals surface area contributed by atoms with Gasteiger partial charge in [0, 0.05) is 30.9 Å². The fourth-order valence-electron chi connectivity index (χ4n) is 3.02. The normalized spacial score (nSPS) is 14.0. The molecule has 1 saturated heterocycles. The van der Waals surface area contributed by atoms with Gasteiger partial charge in [-0.15, -0.1) is 0 Å². The second kappa shape index (κ2) is 8.32. The first-order valence-corrected chi connectivity index (χ1v) is 9.48. The van der Waals surface area contributed by atoms with Gasteiger partial charge in [0.05, 0.1) is 0 Å². The SMILES string of the molecule is CC(C)c1ccc(NC(=S)NCc2ccc(N3CCCC3=O)cc2)cc1. The van der Waals surface area contributed by atoms with Crippen LogP contribution in [0.1, 0.15) is 43.7 Å². The zero-order chi connectivity index (χ0) is 18.5. The van der Waals surface area contributed by atoms with Gasteiger partial charge in [-0.25, -0.2) is 0 Å². The quantitative estimate of drug-likeness (QED) is 0.768. The molecular weight excluding hydrogens is 342 g/mol. The first-order chi connectivity index (χ1) is 12.5. The van der Waals surface area contributed by atoms with Crippen molar-refractivity contribution < 1.29 is 4.79 Å². The van der Waals surface area contributed by atoms with Crippen LogP contribution in [0.3, 0.4) is 0 Å². The molecule has 0 aromatic heterocycles. The highest BCUT2D eigenvalue weighted by molar-refractivity contribution is 7.80. The fourth-order valence-corrected chi connectivity index (χ4v) is 3.21. The Balaban J connectivity index is 1.50. The molecule has 0 aliphatic carbocycles. The molecule has 1 heterocycles. The molecule has 0 spiro atoms. The Morgan fingerprint density at radius 2 is 1.81 bits per heavy atom. The number of thiocarbonyl (C=S) groups is 1. The van der Waals surface area contributed by atoms with E-state index >= 15 is 0 Å². The van der Waals surface area contributed by atoms with Crippen molar-refractivity contribution >= 4 is 34.6 Å². The van der Waals surface area contributed by atoms with Gasteiger partial charge >= 0.3 is 0 Å². The third-order valence-electron chi connectivity index (χ3n) is 4.61. The molecular formula is C21H25N3OS. The van der Waals surface area contributed by atoms with Crippen molar-refractivity contribution in [1.29, 1.82) is 0 Å². The van der Waals surface area contributed by atoms with Crippen LogP contribution in [0.4, 0.5) is 11.4 Å². The Morgan fingerprint density at radius 1 is 1.12 bits per heavy atom. The second-order valence-electron chi connectivity index (χ2n) is 6.90. The lowest BCUT2D eigenvalue weighted by Gasteiger charge is -2.16. The van der Waals surface area contributed by atoms with E-state index in [2.05, 4.69) is 36.6 Å². The van der Waals surface area contributed by atoms with E-state index in [-0.39, 0.29) is 5.91 Å². The molecule has 1 amide bonds. The number of benzene rings is 2. The van der Waals surface area contributed by atoms with E-state index < -0.39 is 0 Å². The summed E-state index contributed by atoms with van der Waals surface area (Å²) >= 11 is 5.37. The van der Waals surface area contributed by atoms with E-state index in [4.69, 9.17) is 12.2 Å². The highest BCUT2D eigenvalue weighted by Crippen LogP contribution is 2.21. The van der Waals surface area contributed by atoms with Crippen LogP contribution in [0, 0.1) is 0 Å². The number of nitrogens with zero attached hydrogens (tertiary/aromatic N) is 1. The van der Waals surface area contributed by atoms with Gasteiger partial charge in [0.15, 0.2) is 5.11 Å². The summed E-state index contributed by atoms with van der Waals surface area (Å²) in [5, 5.41) is 7.03. The molecule has 1 aliphatic rings. The van der Waals surface area contributed by atoms with Gasteiger partial charge in [-0.3, -0.25) is 4.79 Å². The van der Waals surface area contributed by atoms with Crippen LogP contribution in [0.2, 0.25) is 0 Å². The largest absolute Gasteiger partial charge is 0.358 e. The maximum Gasteiger partial charge on any atom is 0.227 e. The first kappa shape index (κ1) is 18.4. The van der Waals surface area contributed by atoms with Crippen LogP contribution < -0.4 is 15.5 Å². The summed E-state index contributed by atoms with van der Waals surface area (Å²) in [6, 6.07) is 16.4. The minimum absolute atomic E-state index is 0.213. The number of anilines is 2. The summed E-state index contributed by atoms with van der Waals surface area (Å²) in [5.74, 6) is 0.734. The smallest absolute Gasteiger partial charge is 0.227 e. The molecule has 136 valence electrons. The molecule has 0 unspecified atom stereocenters. The van der Waals surface area contributed by atoms with Gasteiger partial charge in [0.1, 0.15) is 0 Å². The standard InChI is InChI=1S/C21H25N3OS/c1-15(2)17-7-9-18(10-8-17)23-21(26)22-14-16-5-11-19(12-6-16)24-13-3-4-20(24)25/h5-12,15H,3-4,13-14H2,1-2H3,(H2,22,23,26). The predicted molar refractivity (Wildman–Crippen MR) is 112 cm³/mol. The van der Waals surface area contributed by atoms with Crippen LogP contribution in [0.5, 0.6) is 0 Å². The number of carbonyl (C=O) groups excluding carboxylic acids is 1. The van der Waals surface area contributed by atoms with E-state index in [9.17, 15) is 4.79 Å². The first-order valence-electron chi connectivity index (χ1n) is 9.07. The lowest BCUT2D eigenvalue weighted by atomic mass is 10.0. The van der Waals surface area contributed by atoms with Crippen molar-refractivity contribution in [3.63, 3.8) is 0 Å². The zero-order valence-corrected chi connectivity index (χ0v) is 16.1. The third kappa shape index (κ3) is 4.61. The van der Waals surface area contributed by atoms with E-state index in [1.807, 2.05) is 41.3 Å². The molecule has 1 aliphatic heterocycles. The third-order valence-corrected chi connectivity index (χ3v) is 4.86. The van der Waals surface area contributed by atoms with Crippen LogP contribution in [0.25, 0.3) is 0 Å². The van der Waals surface area contributed by atoms with E-state index in [0.717, 1.165) is 29.9 Å². The minimum Gasteiger partial charge on any atom is -0.358 e. The minimum atomic E-state index is 0.213. The maximum atomic E-state index is 11.8. The second-order valence-corrected chi connectivity index (χ2v) is 7.31. The molecule has 3 rings (SSSR count). The van der Waals surface area contributed by atoms with Crippen LogP contribution >= 0.6 is 12.2 Å². The molecule has 2 aromatic carbocycles. The van der Waals surface area contributed by atoms with Crippen molar-refractivity contribution in [2.24, 2.45) is 0 Å². The summed E-state index contributed by atoms with van der Waals surface area (Å²) in [5.41, 5.74) is 4.39. The molecule has 0 bridgehead atoms. The van der Waals surface area contributed by atoms with Crippen LogP contribution in [0.15, 0.2) is 48.5 Å². The Bertz CT molecular complexity index is 769. The summed E-state index contributed by atoms with van der Waals surface area (Å²) in [7, 11) is 0. The Hall–Kier alpha value is -2.40. The van der Waals surface area contributed by atoms with Gasteiger partial charge in [-0.2, -0.15) is 0 Å². The topological polar surface area (TPSA) is 44.4 Å². The molecule has 0 atom stereocenters. The molecule has 0 radical (unpaired) electrons. The van der Waals surface area contributed by atoms with Crippen molar-refractivity contribution in [2.45, 2.75) is 39.2 Å². The van der Waals surface area contributed by atoms with Crippen molar-refractivity contribution in [1.82, 2.24) is 5.32 Å². The number of carbonyl (C=O) groups is 1. The monoisotopic (exact) mass is 367 g/mol. The van der Waals surface area contributed by atoms with Crippen molar-refractivity contribution in [3.05, 3.63) is 59.7 Å². The van der Waals surface area contributed by atoms with Crippen molar-refractivity contribution in [3.8, 4) is 0 Å². The van der Waals surface area contributed by atoms with Gasteiger partial charge in [0.2, 0.25) is 5.91 Å². The maximum absolute atomic E-state index is 11.8. The lowest BCUT2D eigenvalue weighted by molar-refractivity contribution is -0.117. The molecule has 2 aromatic rings. The van der Waals surface area contributed by atoms with E-state index in [0.29, 0.717) is 24.0 Å². The van der Waals surface area contributed by atoms with Gasteiger partial charge in [0.25, 0.3) is 0 Å². The summed E-state index contributed by atoms with van der Waals surface area (Å²) in [6.45, 7) is 5.82. The zero-order valence-electron chi connectivity index (χ0n) is 15.3. The Labute approximate surface area is 160 Å². The molecule has 4 nitrogen and oxygen atoms in total. The van der Waals surface area contributed by atoms with E-state index in [1.165, 1.54) is 5.56 Å². The summed E-state index contributed by atoms with van der Waals surface area (Å²) in [4.78, 5) is 13.6. The van der Waals surface area contributed by atoms with Crippen LogP contribution in [-0.2, 0) is 11.3 Å². The summed E-state index contributed by atoms with van der Waals surface area (Å²) in [6.07, 6.45) is 1.60. The average molecular weight is 368 g/mol. The van der Waals surface area contributed by atoms with Gasteiger partial charge < -0.3 is 15.5 Å². The number of hydrogen-bond donors (Lipinski definition) is 2. The van der Waals surface area contributed by atoms with Crippen molar-refractivity contribution in [2.75, 3.05) is 16.8 Å².